The van der Waals surface area contributed by atoms with E-state index < -0.39 is 11.6 Å². The van der Waals surface area contributed by atoms with Crippen LogP contribution < -0.4 is 0 Å². The maximum atomic E-state index is 12.1. The zero-order valence-electron chi connectivity index (χ0n) is 11.2. The second-order valence-corrected chi connectivity index (χ2v) is 5.08. The third-order valence-corrected chi connectivity index (χ3v) is 3.57. The van der Waals surface area contributed by atoms with Crippen molar-refractivity contribution < 1.29 is 9.59 Å². The van der Waals surface area contributed by atoms with Crippen molar-refractivity contribution >= 4 is 23.2 Å². The van der Waals surface area contributed by atoms with Crippen molar-refractivity contribution in [3.05, 3.63) is 59.2 Å². The molecule has 0 radical (unpaired) electrons. The number of alkyl halides is 1. The molecule has 0 saturated heterocycles. The minimum atomic E-state index is -0.455. The summed E-state index contributed by atoms with van der Waals surface area (Å²) in [6.45, 7) is 0. The van der Waals surface area contributed by atoms with Gasteiger partial charge in [0.2, 0.25) is 11.6 Å². The molecule has 0 atom stereocenters. The van der Waals surface area contributed by atoms with E-state index in [2.05, 4.69) is 11.8 Å². The Balaban J connectivity index is 2.16. The van der Waals surface area contributed by atoms with Crippen molar-refractivity contribution in [2.24, 2.45) is 0 Å². The van der Waals surface area contributed by atoms with Crippen molar-refractivity contribution in [1.82, 2.24) is 0 Å². The quantitative estimate of drug-likeness (QED) is 0.456. The van der Waals surface area contributed by atoms with Crippen molar-refractivity contribution in [2.75, 3.05) is 5.88 Å². The Morgan fingerprint density at radius 3 is 2.24 bits per heavy atom. The van der Waals surface area contributed by atoms with Crippen LogP contribution in [-0.2, 0) is 0 Å². The van der Waals surface area contributed by atoms with Gasteiger partial charge in [0.05, 0.1) is 0 Å². The van der Waals surface area contributed by atoms with E-state index in [-0.39, 0.29) is 0 Å². The van der Waals surface area contributed by atoms with Gasteiger partial charge in [0.1, 0.15) is 0 Å². The molecule has 2 aromatic carbocycles. The first-order chi connectivity index (χ1) is 10.2. The highest BCUT2D eigenvalue weighted by atomic mass is 35.5. The average Bonchev–Trinajstić information content (AvgIpc) is 2.53. The number of benzene rings is 2. The molecule has 0 unspecified atom stereocenters. The Morgan fingerprint density at radius 2 is 1.52 bits per heavy atom. The SMILES string of the molecule is O=C1C(=O)c2ccc(C#CCCCl)cc2-c2ccccc21. The summed E-state index contributed by atoms with van der Waals surface area (Å²) in [6.07, 6.45) is 0.618. The number of Topliss-reactive ketones (excluding diaryl/α,β-unsaturated/α-hetero) is 2. The highest BCUT2D eigenvalue weighted by Crippen LogP contribution is 2.33. The number of hydrogen-bond donors (Lipinski definition) is 0. The lowest BCUT2D eigenvalue weighted by atomic mass is 9.83. The standard InChI is InChI=1S/C18H11ClO2/c19-10-4-3-5-12-8-9-15-16(11-12)13-6-1-2-7-14(13)17(20)18(15)21/h1-2,6-9,11H,4,10H2. The molecule has 1 aliphatic rings. The summed E-state index contributed by atoms with van der Waals surface area (Å²) in [5, 5.41) is 0. The highest BCUT2D eigenvalue weighted by molar-refractivity contribution is 6.53. The number of fused-ring (bicyclic) bond motifs is 3. The third-order valence-electron chi connectivity index (χ3n) is 3.38. The maximum absolute atomic E-state index is 12.1. The number of carbonyl (C=O) groups excluding carboxylic acids is 2. The fraction of sp³-hybridized carbons (Fsp3) is 0.111. The molecule has 0 bridgehead atoms. The lowest BCUT2D eigenvalue weighted by Crippen LogP contribution is -2.21. The molecular weight excluding hydrogens is 284 g/mol. The van der Waals surface area contributed by atoms with Crippen LogP contribution in [-0.4, -0.2) is 17.4 Å². The Kier molecular flexibility index (Phi) is 3.60. The van der Waals surface area contributed by atoms with Gasteiger partial charge in [-0.25, -0.2) is 0 Å². The molecule has 0 fully saturated rings. The van der Waals surface area contributed by atoms with E-state index in [9.17, 15) is 9.59 Å². The smallest absolute Gasteiger partial charge is 0.234 e. The van der Waals surface area contributed by atoms with Crippen LogP contribution in [0.1, 0.15) is 32.7 Å². The van der Waals surface area contributed by atoms with Crippen LogP contribution in [0.15, 0.2) is 42.5 Å². The molecule has 21 heavy (non-hydrogen) atoms. The average molecular weight is 295 g/mol. The summed E-state index contributed by atoms with van der Waals surface area (Å²) < 4.78 is 0. The number of carbonyl (C=O) groups is 2. The molecule has 1 aliphatic carbocycles. The molecule has 0 amide bonds. The third kappa shape index (κ3) is 2.37. The van der Waals surface area contributed by atoms with Gasteiger partial charge in [-0.2, -0.15) is 0 Å². The predicted octanol–water partition coefficient (Wildman–Crippen LogP) is 3.71. The van der Waals surface area contributed by atoms with E-state index in [0.29, 0.717) is 23.4 Å². The van der Waals surface area contributed by atoms with Gasteiger partial charge < -0.3 is 0 Å². The van der Waals surface area contributed by atoms with Gasteiger partial charge in [-0.05, 0) is 29.3 Å². The van der Waals surface area contributed by atoms with Crippen LogP contribution in [0.3, 0.4) is 0 Å². The van der Waals surface area contributed by atoms with Crippen LogP contribution in [0.25, 0.3) is 11.1 Å². The van der Waals surface area contributed by atoms with Crippen LogP contribution in [0.2, 0.25) is 0 Å². The largest absolute Gasteiger partial charge is 0.285 e. The van der Waals surface area contributed by atoms with Gasteiger partial charge in [0, 0.05) is 29.0 Å². The molecule has 0 aliphatic heterocycles. The monoisotopic (exact) mass is 294 g/mol. The van der Waals surface area contributed by atoms with Gasteiger partial charge in [0.15, 0.2) is 0 Å². The topological polar surface area (TPSA) is 34.1 Å². The van der Waals surface area contributed by atoms with Gasteiger partial charge in [-0.15, -0.1) is 11.6 Å². The fourth-order valence-corrected chi connectivity index (χ4v) is 2.51. The molecule has 0 aromatic heterocycles. The van der Waals surface area contributed by atoms with Crippen LogP contribution in [0, 0.1) is 11.8 Å². The molecular formula is C18H11ClO2. The summed E-state index contributed by atoms with van der Waals surface area (Å²) in [5.41, 5.74) is 3.28. The van der Waals surface area contributed by atoms with Crippen molar-refractivity contribution in [3.63, 3.8) is 0 Å². The van der Waals surface area contributed by atoms with Gasteiger partial charge in [0.25, 0.3) is 0 Å². The molecule has 0 N–H and O–H groups in total. The Labute approximate surface area is 127 Å². The van der Waals surface area contributed by atoms with Gasteiger partial charge in [-0.1, -0.05) is 36.1 Å². The molecule has 2 nitrogen and oxygen atoms in total. The van der Waals surface area contributed by atoms with Gasteiger partial charge >= 0.3 is 0 Å². The molecule has 3 heteroatoms. The van der Waals surface area contributed by atoms with E-state index >= 15 is 0 Å². The first-order valence-electron chi connectivity index (χ1n) is 6.59. The van der Waals surface area contributed by atoms with Gasteiger partial charge in [-0.3, -0.25) is 9.59 Å². The second-order valence-electron chi connectivity index (χ2n) is 4.70. The summed E-state index contributed by atoms with van der Waals surface area (Å²) in [5.74, 6) is 5.58. The Morgan fingerprint density at radius 1 is 0.857 bits per heavy atom. The first kappa shape index (κ1) is 13.6. The molecule has 3 rings (SSSR count). The van der Waals surface area contributed by atoms with E-state index in [1.54, 1.807) is 24.3 Å². The fourth-order valence-electron chi connectivity index (χ4n) is 2.42. The number of ketones is 2. The predicted molar refractivity (Wildman–Crippen MR) is 82.8 cm³/mol. The zero-order chi connectivity index (χ0) is 14.8. The normalized spacial score (nSPS) is 12.2. The van der Waals surface area contributed by atoms with E-state index in [1.807, 2.05) is 18.2 Å². The van der Waals surface area contributed by atoms with Crippen molar-refractivity contribution in [3.8, 4) is 23.0 Å². The molecule has 0 heterocycles. The zero-order valence-corrected chi connectivity index (χ0v) is 11.9. The van der Waals surface area contributed by atoms with Crippen molar-refractivity contribution in [2.45, 2.75) is 6.42 Å². The summed E-state index contributed by atoms with van der Waals surface area (Å²) >= 11 is 5.60. The number of rotatable bonds is 1. The van der Waals surface area contributed by atoms with E-state index in [0.717, 1.165) is 16.7 Å². The summed E-state index contributed by atoms with van der Waals surface area (Å²) in [4.78, 5) is 24.2. The minimum Gasteiger partial charge on any atom is -0.285 e. The molecule has 102 valence electrons. The van der Waals surface area contributed by atoms with E-state index in [1.165, 1.54) is 0 Å². The lowest BCUT2D eigenvalue weighted by Gasteiger charge is -2.17. The summed E-state index contributed by atoms with van der Waals surface area (Å²) in [7, 11) is 0. The summed E-state index contributed by atoms with van der Waals surface area (Å²) in [6, 6.07) is 12.5. The van der Waals surface area contributed by atoms with E-state index in [4.69, 9.17) is 11.6 Å². The molecule has 2 aromatic rings. The first-order valence-corrected chi connectivity index (χ1v) is 7.13. The second kappa shape index (κ2) is 5.55. The number of halogens is 1. The van der Waals surface area contributed by atoms with Crippen molar-refractivity contribution in [1.29, 1.82) is 0 Å². The number of hydrogen-bond acceptors (Lipinski definition) is 2. The van der Waals surface area contributed by atoms with Crippen LogP contribution >= 0.6 is 11.6 Å². The lowest BCUT2D eigenvalue weighted by molar-refractivity contribution is 0.0815. The molecule has 0 spiro atoms. The minimum absolute atomic E-state index is 0.445. The maximum Gasteiger partial charge on any atom is 0.234 e. The Hall–Kier alpha value is -2.37. The molecule has 0 saturated carbocycles. The van der Waals surface area contributed by atoms with Crippen LogP contribution in [0.5, 0.6) is 0 Å². The highest BCUT2D eigenvalue weighted by Gasteiger charge is 2.29. The van der Waals surface area contributed by atoms with Crippen LogP contribution in [0.4, 0.5) is 0 Å². The Bertz CT molecular complexity index is 809.